The SMILES string of the molecule is COc1ccc(C(C)=O)c(NC(=O)Cc2nc(C(C)C)cs2)c1C. The summed E-state index contributed by atoms with van der Waals surface area (Å²) < 4.78 is 5.28. The molecule has 1 amide bonds. The molecule has 0 spiro atoms. The maximum Gasteiger partial charge on any atom is 0.231 e. The summed E-state index contributed by atoms with van der Waals surface area (Å²) >= 11 is 1.48. The standard InChI is InChI=1S/C18H22N2O3S/c1-10(2)14-9-24-17(19-14)8-16(22)20-18-11(3)15(23-5)7-6-13(18)12(4)21/h6-7,9-10H,8H2,1-5H3,(H,20,22). The molecule has 1 heterocycles. The van der Waals surface area contributed by atoms with Gasteiger partial charge < -0.3 is 10.1 Å². The number of anilines is 1. The second kappa shape index (κ2) is 7.57. The van der Waals surface area contributed by atoms with Crippen molar-refractivity contribution in [3.05, 3.63) is 39.3 Å². The number of thiazole rings is 1. The summed E-state index contributed by atoms with van der Waals surface area (Å²) in [6.07, 6.45) is 0.186. The number of amides is 1. The lowest BCUT2D eigenvalue weighted by Crippen LogP contribution is -2.17. The van der Waals surface area contributed by atoms with E-state index in [4.69, 9.17) is 4.74 Å². The predicted molar refractivity (Wildman–Crippen MR) is 96.3 cm³/mol. The second-order valence-corrected chi connectivity index (χ2v) is 6.86. The molecule has 0 saturated carbocycles. The van der Waals surface area contributed by atoms with E-state index >= 15 is 0 Å². The summed E-state index contributed by atoms with van der Waals surface area (Å²) in [5.74, 6) is 0.667. The molecule has 5 nitrogen and oxygen atoms in total. The fraction of sp³-hybridized carbons (Fsp3) is 0.389. The molecule has 0 aliphatic rings. The van der Waals surface area contributed by atoms with Gasteiger partial charge in [0.05, 0.1) is 24.9 Å². The maximum atomic E-state index is 12.4. The summed E-state index contributed by atoms with van der Waals surface area (Å²) in [7, 11) is 1.56. The molecule has 2 aromatic rings. The Kier molecular flexibility index (Phi) is 5.72. The third kappa shape index (κ3) is 4.00. The van der Waals surface area contributed by atoms with Crippen LogP contribution < -0.4 is 10.1 Å². The minimum atomic E-state index is -0.196. The number of Topliss-reactive ketones (excluding diaryl/α,β-unsaturated/α-hetero) is 1. The van der Waals surface area contributed by atoms with E-state index in [1.54, 1.807) is 19.2 Å². The number of ketones is 1. The Labute approximate surface area is 146 Å². The molecule has 1 aromatic heterocycles. The fourth-order valence-electron chi connectivity index (χ4n) is 2.36. The number of rotatable bonds is 6. The van der Waals surface area contributed by atoms with Gasteiger partial charge in [-0.15, -0.1) is 11.3 Å². The van der Waals surface area contributed by atoms with Crippen molar-refractivity contribution >= 4 is 28.7 Å². The van der Waals surface area contributed by atoms with Crippen LogP contribution in [-0.2, 0) is 11.2 Å². The van der Waals surface area contributed by atoms with Crippen molar-refractivity contribution < 1.29 is 14.3 Å². The number of benzene rings is 1. The number of nitrogens with zero attached hydrogens (tertiary/aromatic N) is 1. The number of carbonyl (C=O) groups is 2. The molecule has 1 N–H and O–H groups in total. The van der Waals surface area contributed by atoms with E-state index in [1.807, 2.05) is 12.3 Å². The Morgan fingerprint density at radius 2 is 2.04 bits per heavy atom. The molecule has 0 aliphatic carbocycles. The van der Waals surface area contributed by atoms with Crippen molar-refractivity contribution in [1.29, 1.82) is 0 Å². The van der Waals surface area contributed by atoms with Gasteiger partial charge in [0.2, 0.25) is 5.91 Å². The van der Waals surface area contributed by atoms with Gasteiger partial charge in [0.15, 0.2) is 5.78 Å². The highest BCUT2D eigenvalue weighted by Gasteiger charge is 2.17. The lowest BCUT2D eigenvalue weighted by molar-refractivity contribution is -0.115. The van der Waals surface area contributed by atoms with E-state index in [1.165, 1.54) is 18.3 Å². The Morgan fingerprint density at radius 1 is 1.33 bits per heavy atom. The fourth-order valence-corrected chi connectivity index (χ4v) is 3.31. The number of nitrogens with one attached hydrogen (secondary N) is 1. The molecule has 0 unspecified atom stereocenters. The van der Waals surface area contributed by atoms with Crippen LogP contribution in [0.2, 0.25) is 0 Å². The van der Waals surface area contributed by atoms with E-state index in [0.717, 1.165) is 16.3 Å². The Hall–Kier alpha value is -2.21. The van der Waals surface area contributed by atoms with Gasteiger partial charge in [0, 0.05) is 16.5 Å². The first kappa shape index (κ1) is 18.1. The molecular formula is C18H22N2O3S. The van der Waals surface area contributed by atoms with Crippen molar-refractivity contribution in [1.82, 2.24) is 4.98 Å². The maximum absolute atomic E-state index is 12.4. The van der Waals surface area contributed by atoms with Gasteiger partial charge in [0.25, 0.3) is 0 Å². The van der Waals surface area contributed by atoms with Gasteiger partial charge >= 0.3 is 0 Å². The molecule has 0 bridgehead atoms. The number of aromatic nitrogens is 1. The Balaban J connectivity index is 2.22. The average molecular weight is 346 g/mol. The molecule has 0 aliphatic heterocycles. The molecule has 128 valence electrons. The van der Waals surface area contributed by atoms with Crippen LogP contribution in [0.3, 0.4) is 0 Å². The van der Waals surface area contributed by atoms with E-state index in [-0.39, 0.29) is 18.1 Å². The predicted octanol–water partition coefficient (Wildman–Crippen LogP) is 3.97. The van der Waals surface area contributed by atoms with Crippen molar-refractivity contribution in [3.63, 3.8) is 0 Å². The lowest BCUT2D eigenvalue weighted by Gasteiger charge is -2.15. The highest BCUT2D eigenvalue weighted by molar-refractivity contribution is 7.09. The topological polar surface area (TPSA) is 68.3 Å². The third-order valence-electron chi connectivity index (χ3n) is 3.75. The lowest BCUT2D eigenvalue weighted by atomic mass is 10.0. The molecule has 6 heteroatoms. The minimum Gasteiger partial charge on any atom is -0.496 e. The van der Waals surface area contributed by atoms with E-state index in [2.05, 4.69) is 24.1 Å². The molecule has 24 heavy (non-hydrogen) atoms. The van der Waals surface area contributed by atoms with Gasteiger partial charge in [-0.05, 0) is 31.9 Å². The number of ether oxygens (including phenoxy) is 1. The number of hydrogen-bond donors (Lipinski definition) is 1. The van der Waals surface area contributed by atoms with Gasteiger partial charge in [-0.2, -0.15) is 0 Å². The van der Waals surface area contributed by atoms with Crippen molar-refractivity contribution in [3.8, 4) is 5.75 Å². The normalized spacial score (nSPS) is 10.8. The van der Waals surface area contributed by atoms with Gasteiger partial charge in [-0.1, -0.05) is 13.8 Å². The van der Waals surface area contributed by atoms with Crippen LogP contribution >= 0.6 is 11.3 Å². The molecule has 0 fully saturated rings. The van der Waals surface area contributed by atoms with Crippen LogP contribution in [0.5, 0.6) is 5.75 Å². The molecule has 0 saturated heterocycles. The quantitative estimate of drug-likeness (QED) is 0.804. The van der Waals surface area contributed by atoms with Crippen LogP contribution in [-0.4, -0.2) is 23.8 Å². The van der Waals surface area contributed by atoms with Gasteiger partial charge in [0.1, 0.15) is 10.8 Å². The van der Waals surface area contributed by atoms with E-state index in [9.17, 15) is 9.59 Å². The zero-order valence-electron chi connectivity index (χ0n) is 14.6. The van der Waals surface area contributed by atoms with Crippen LogP contribution in [0, 0.1) is 6.92 Å². The summed E-state index contributed by atoms with van der Waals surface area (Å²) in [6, 6.07) is 3.40. The smallest absolute Gasteiger partial charge is 0.231 e. The molecule has 1 aromatic carbocycles. The summed E-state index contributed by atoms with van der Waals surface area (Å²) in [4.78, 5) is 28.7. The van der Waals surface area contributed by atoms with Crippen molar-refractivity contribution in [2.24, 2.45) is 0 Å². The first-order valence-electron chi connectivity index (χ1n) is 7.76. The number of carbonyl (C=O) groups excluding carboxylic acids is 2. The van der Waals surface area contributed by atoms with E-state index in [0.29, 0.717) is 22.9 Å². The summed E-state index contributed by atoms with van der Waals surface area (Å²) in [6.45, 7) is 7.43. The second-order valence-electron chi connectivity index (χ2n) is 5.92. The Morgan fingerprint density at radius 3 is 2.58 bits per heavy atom. The van der Waals surface area contributed by atoms with Gasteiger partial charge in [-0.25, -0.2) is 4.98 Å². The number of hydrogen-bond acceptors (Lipinski definition) is 5. The first-order valence-corrected chi connectivity index (χ1v) is 8.64. The van der Waals surface area contributed by atoms with Gasteiger partial charge in [-0.3, -0.25) is 9.59 Å². The zero-order valence-corrected chi connectivity index (χ0v) is 15.4. The summed E-state index contributed by atoms with van der Waals surface area (Å²) in [5, 5.41) is 5.59. The molecule has 2 rings (SSSR count). The summed E-state index contributed by atoms with van der Waals surface area (Å²) in [5.41, 5.74) is 2.71. The molecule has 0 atom stereocenters. The highest BCUT2D eigenvalue weighted by atomic mass is 32.1. The van der Waals surface area contributed by atoms with E-state index < -0.39 is 0 Å². The minimum absolute atomic E-state index is 0.104. The molecular weight excluding hydrogens is 324 g/mol. The zero-order chi connectivity index (χ0) is 17.9. The van der Waals surface area contributed by atoms with Crippen molar-refractivity contribution in [2.75, 3.05) is 12.4 Å². The van der Waals surface area contributed by atoms with Crippen LogP contribution in [0.1, 0.15) is 53.3 Å². The first-order chi connectivity index (χ1) is 11.3. The van der Waals surface area contributed by atoms with Crippen molar-refractivity contribution in [2.45, 2.75) is 40.0 Å². The molecule has 0 radical (unpaired) electrons. The third-order valence-corrected chi connectivity index (χ3v) is 4.62. The Bertz CT molecular complexity index is 766. The largest absolute Gasteiger partial charge is 0.496 e. The monoisotopic (exact) mass is 346 g/mol. The average Bonchev–Trinajstić information content (AvgIpc) is 2.97. The van der Waals surface area contributed by atoms with Crippen LogP contribution in [0.4, 0.5) is 5.69 Å². The number of methoxy groups -OCH3 is 1. The highest BCUT2D eigenvalue weighted by Crippen LogP contribution is 2.30. The van der Waals surface area contributed by atoms with Crippen LogP contribution in [0.25, 0.3) is 0 Å². The van der Waals surface area contributed by atoms with Crippen LogP contribution in [0.15, 0.2) is 17.5 Å².